The largest absolute Gasteiger partial charge is 0.494 e. The molecule has 0 atom stereocenters. The summed E-state index contributed by atoms with van der Waals surface area (Å²) >= 11 is 3.40. The van der Waals surface area contributed by atoms with Crippen LogP contribution in [0.25, 0.3) is 0 Å². The van der Waals surface area contributed by atoms with E-state index in [1.165, 1.54) is 38.5 Å². The van der Waals surface area contributed by atoms with E-state index in [0.717, 1.165) is 69.6 Å². The van der Waals surface area contributed by atoms with E-state index in [1.807, 2.05) is 48.5 Å². The first-order valence-electron chi connectivity index (χ1n) is 14.4. The van der Waals surface area contributed by atoms with Gasteiger partial charge in [-0.3, -0.25) is 0 Å². The molecule has 0 aliphatic carbocycles. The zero-order chi connectivity index (χ0) is 28.4. The molecule has 0 fully saturated rings. The van der Waals surface area contributed by atoms with Gasteiger partial charge in [0.1, 0.15) is 11.5 Å². The minimum absolute atomic E-state index is 0.772. The summed E-state index contributed by atoms with van der Waals surface area (Å²) < 4.78 is 11.7. The lowest BCUT2D eigenvalue weighted by atomic mass is 10.1. The van der Waals surface area contributed by atoms with Crippen LogP contribution in [0.2, 0.25) is 0 Å². The average molecular weight is 571 g/mol. The lowest BCUT2D eigenvalue weighted by Crippen LogP contribution is -1.97. The minimum atomic E-state index is 0.772. The zero-order valence-electron chi connectivity index (χ0n) is 24.5. The highest BCUT2D eigenvalue weighted by molar-refractivity contribution is 7.99. The maximum atomic E-state index is 5.86. The van der Waals surface area contributed by atoms with Crippen molar-refractivity contribution in [1.82, 2.24) is 0 Å². The molecule has 210 valence electrons. The molecule has 0 aromatic heterocycles. The molecule has 0 heterocycles. The fourth-order valence-corrected chi connectivity index (χ4v) is 5.21. The van der Waals surface area contributed by atoms with Gasteiger partial charge in [0.2, 0.25) is 0 Å². The third kappa shape index (κ3) is 10.9. The van der Waals surface area contributed by atoms with E-state index in [4.69, 9.17) is 9.47 Å². The highest BCUT2D eigenvalue weighted by Gasteiger charge is 2.07. The van der Waals surface area contributed by atoms with E-state index >= 15 is 0 Å². The Kier molecular flexibility index (Phi) is 14.6. The number of benzene rings is 3. The molecule has 0 amide bonds. The Morgan fingerprint density at radius 3 is 1.27 bits per heavy atom. The monoisotopic (exact) mass is 570 g/mol. The summed E-state index contributed by atoms with van der Waals surface area (Å²) in [6, 6.07) is 20.5. The third-order valence-corrected chi connectivity index (χ3v) is 8.00. The first kappa shape index (κ1) is 31.6. The third-order valence-electron chi connectivity index (χ3n) is 6.45. The zero-order valence-corrected chi connectivity index (χ0v) is 26.1. The average Bonchev–Trinajstić information content (AvgIpc) is 2.99. The molecule has 2 nitrogen and oxygen atoms in total. The minimum Gasteiger partial charge on any atom is -0.494 e. The van der Waals surface area contributed by atoms with Gasteiger partial charge in [-0.05, 0) is 86.0 Å². The van der Waals surface area contributed by atoms with Gasteiger partial charge in [0.05, 0.1) is 13.2 Å². The van der Waals surface area contributed by atoms with E-state index in [-0.39, 0.29) is 0 Å². The smallest absolute Gasteiger partial charge is 0.119 e. The summed E-state index contributed by atoms with van der Waals surface area (Å²) in [5.41, 5.74) is 4.01. The topological polar surface area (TPSA) is 18.5 Å². The lowest BCUT2D eigenvalue weighted by Gasteiger charge is -2.08. The fraction of sp³-hybridized carbons (Fsp3) is 0.389. The van der Waals surface area contributed by atoms with Crippen LogP contribution in [0.5, 0.6) is 11.5 Å². The van der Waals surface area contributed by atoms with Gasteiger partial charge in [0.25, 0.3) is 0 Å². The molecular formula is C36H42O2S2. The normalized spacial score (nSPS) is 10.3. The number of ether oxygens (including phenoxy) is 2. The van der Waals surface area contributed by atoms with Crippen LogP contribution in [0.15, 0.2) is 70.5 Å². The van der Waals surface area contributed by atoms with Crippen molar-refractivity contribution < 1.29 is 9.47 Å². The Balaban J connectivity index is 1.66. The Hall–Kier alpha value is -2.92. The van der Waals surface area contributed by atoms with Gasteiger partial charge in [-0.25, -0.2) is 0 Å². The predicted molar refractivity (Wildman–Crippen MR) is 174 cm³/mol. The molecule has 40 heavy (non-hydrogen) atoms. The van der Waals surface area contributed by atoms with E-state index in [0.29, 0.717) is 0 Å². The number of unbranched alkanes of at least 4 members (excludes halogenated alkanes) is 6. The van der Waals surface area contributed by atoms with Gasteiger partial charge < -0.3 is 9.47 Å². The molecule has 0 aliphatic rings. The molecule has 0 aliphatic heterocycles. The molecule has 3 rings (SSSR count). The molecule has 0 unspecified atom stereocenters. The van der Waals surface area contributed by atoms with Crippen LogP contribution in [-0.4, -0.2) is 25.7 Å². The maximum absolute atomic E-state index is 5.86. The summed E-state index contributed by atoms with van der Waals surface area (Å²) in [5.74, 6) is 15.2. The molecule has 0 radical (unpaired) electrons. The first-order chi connectivity index (χ1) is 19.7. The highest BCUT2D eigenvalue weighted by Crippen LogP contribution is 2.29. The second kappa shape index (κ2) is 18.4. The maximum Gasteiger partial charge on any atom is 0.119 e. The number of rotatable bonds is 14. The molecule has 3 aromatic carbocycles. The molecule has 0 saturated heterocycles. The Bertz CT molecular complexity index is 1190. The van der Waals surface area contributed by atoms with Crippen molar-refractivity contribution in [2.45, 2.75) is 75.0 Å². The van der Waals surface area contributed by atoms with Crippen molar-refractivity contribution in [2.24, 2.45) is 0 Å². The summed E-state index contributed by atoms with van der Waals surface area (Å²) in [4.78, 5) is 2.27. The molecule has 4 heteroatoms. The van der Waals surface area contributed by atoms with Crippen LogP contribution in [-0.2, 0) is 0 Å². The molecule has 0 bridgehead atoms. The van der Waals surface area contributed by atoms with Gasteiger partial charge >= 0.3 is 0 Å². The van der Waals surface area contributed by atoms with Crippen LogP contribution in [0.1, 0.15) is 87.5 Å². The molecular weight excluding hydrogens is 529 g/mol. The summed E-state index contributed by atoms with van der Waals surface area (Å²) in [5, 5.41) is 0. The Labute approximate surface area is 251 Å². The van der Waals surface area contributed by atoms with Gasteiger partial charge in [-0.2, -0.15) is 0 Å². The molecule has 0 saturated carbocycles. The predicted octanol–water partition coefficient (Wildman–Crippen LogP) is 9.85. The van der Waals surface area contributed by atoms with Crippen LogP contribution in [0.3, 0.4) is 0 Å². The number of hydrogen-bond donors (Lipinski definition) is 0. The molecule has 0 N–H and O–H groups in total. The second-order valence-electron chi connectivity index (χ2n) is 9.62. The van der Waals surface area contributed by atoms with Crippen molar-refractivity contribution in [1.29, 1.82) is 0 Å². The first-order valence-corrected chi connectivity index (χ1v) is 16.9. The number of hydrogen-bond acceptors (Lipinski definition) is 4. The summed E-state index contributed by atoms with van der Waals surface area (Å²) in [6.45, 7) is 5.99. The van der Waals surface area contributed by atoms with Crippen molar-refractivity contribution in [3.63, 3.8) is 0 Å². The lowest BCUT2D eigenvalue weighted by molar-refractivity contribution is 0.305. The van der Waals surface area contributed by atoms with Crippen molar-refractivity contribution in [2.75, 3.05) is 25.7 Å². The number of thioether (sulfide) groups is 2. The van der Waals surface area contributed by atoms with Gasteiger partial charge in [-0.1, -0.05) is 76.1 Å². The van der Waals surface area contributed by atoms with Crippen LogP contribution >= 0.6 is 23.5 Å². The van der Waals surface area contributed by atoms with Crippen molar-refractivity contribution >= 4 is 23.5 Å². The van der Waals surface area contributed by atoms with Crippen LogP contribution in [0.4, 0.5) is 0 Å². The van der Waals surface area contributed by atoms with E-state index < -0.39 is 0 Å². The Morgan fingerprint density at radius 1 is 0.525 bits per heavy atom. The quantitative estimate of drug-likeness (QED) is 0.109. The molecule has 0 spiro atoms. The SMILES string of the molecule is CCCCCCOc1ccc(C#Cc2cc(SC)c(C#Cc3ccc(OCCCCCC)cc3)cc2SC)cc1. The highest BCUT2D eigenvalue weighted by atomic mass is 32.2. The van der Waals surface area contributed by atoms with Crippen molar-refractivity contribution in [3.8, 4) is 35.2 Å². The van der Waals surface area contributed by atoms with Crippen molar-refractivity contribution in [3.05, 3.63) is 82.9 Å². The van der Waals surface area contributed by atoms with Gasteiger partial charge in [0, 0.05) is 32.0 Å². The van der Waals surface area contributed by atoms with E-state index in [9.17, 15) is 0 Å². The second-order valence-corrected chi connectivity index (χ2v) is 11.3. The van der Waals surface area contributed by atoms with Crippen LogP contribution < -0.4 is 9.47 Å². The van der Waals surface area contributed by atoms with Gasteiger partial charge in [-0.15, -0.1) is 23.5 Å². The Morgan fingerprint density at radius 2 is 0.925 bits per heavy atom. The summed E-state index contributed by atoms with van der Waals surface area (Å²) in [7, 11) is 0. The van der Waals surface area contributed by atoms with Crippen LogP contribution in [0, 0.1) is 23.7 Å². The van der Waals surface area contributed by atoms with E-state index in [1.54, 1.807) is 23.5 Å². The fourth-order valence-electron chi connectivity index (χ4n) is 4.08. The van der Waals surface area contributed by atoms with E-state index in [2.05, 4.69) is 62.2 Å². The standard InChI is InChI=1S/C36H42O2S2/c1-5-7-9-11-25-37-33-21-15-29(16-22-33)13-19-31-27-36(40-4)32(28-35(31)39-3)20-14-30-17-23-34(24-18-30)38-26-12-10-8-6-2/h15-18,21-24,27-28H,5-12,25-26H2,1-4H3. The van der Waals surface area contributed by atoms with Gasteiger partial charge in [0.15, 0.2) is 0 Å². The molecule has 3 aromatic rings. The summed E-state index contributed by atoms with van der Waals surface area (Å²) in [6.07, 6.45) is 13.8.